The lowest BCUT2D eigenvalue weighted by Gasteiger charge is -2.30. The third kappa shape index (κ3) is 19.0. The highest BCUT2D eigenvalue weighted by Crippen LogP contribution is 2.29. The zero-order valence-corrected chi connectivity index (χ0v) is 28.0. The maximum Gasteiger partial charge on any atom is 0.500 e. The van der Waals surface area contributed by atoms with E-state index >= 15 is 0 Å². The molecule has 0 aromatic carbocycles. The molecule has 0 saturated heterocycles. The van der Waals surface area contributed by atoms with Crippen molar-refractivity contribution in [3.8, 4) is 0 Å². The molecule has 0 N–H and O–H groups in total. The van der Waals surface area contributed by atoms with Crippen molar-refractivity contribution in [2.75, 3.05) is 51.1 Å². The van der Waals surface area contributed by atoms with Crippen molar-refractivity contribution in [2.45, 2.75) is 118 Å². The van der Waals surface area contributed by atoms with E-state index in [2.05, 4.69) is 41.5 Å². The molecule has 0 aliphatic rings. The van der Waals surface area contributed by atoms with E-state index in [4.69, 9.17) is 26.6 Å². The summed E-state index contributed by atoms with van der Waals surface area (Å²) in [5, 5.41) is 0. The smallest absolute Gasteiger partial charge is 0.373 e. The summed E-state index contributed by atoms with van der Waals surface area (Å²) in [5.41, 5.74) is 0. The van der Waals surface area contributed by atoms with E-state index in [1.807, 2.05) is 21.6 Å². The van der Waals surface area contributed by atoms with Crippen molar-refractivity contribution in [3.05, 3.63) is 0 Å². The second-order valence-corrected chi connectivity index (χ2v) is 17.2. The molecule has 0 fully saturated rings. The van der Waals surface area contributed by atoms with Crippen LogP contribution in [0.3, 0.4) is 0 Å². The molecular formula is C26H58O6S2Si2. The Hall–Kier alpha value is 0.894. The van der Waals surface area contributed by atoms with Gasteiger partial charge in [-0.3, -0.25) is 0 Å². The van der Waals surface area contributed by atoms with Crippen LogP contribution < -0.4 is 0 Å². The van der Waals surface area contributed by atoms with Gasteiger partial charge in [-0.25, -0.2) is 0 Å². The third-order valence-electron chi connectivity index (χ3n) is 5.25. The number of rotatable bonds is 29. The average molecular weight is 587 g/mol. The van der Waals surface area contributed by atoms with Gasteiger partial charge in [-0.2, -0.15) is 0 Å². The Bertz CT molecular complexity index is 410. The van der Waals surface area contributed by atoms with Gasteiger partial charge in [0.1, 0.15) is 0 Å². The highest BCUT2D eigenvalue weighted by Gasteiger charge is 2.41. The molecule has 0 bridgehead atoms. The molecule has 6 nitrogen and oxygen atoms in total. The highest BCUT2D eigenvalue weighted by atomic mass is 33.1. The van der Waals surface area contributed by atoms with E-state index in [1.165, 1.54) is 0 Å². The molecule has 0 unspecified atom stereocenters. The van der Waals surface area contributed by atoms with Gasteiger partial charge in [0.2, 0.25) is 0 Å². The minimum absolute atomic E-state index is 0.718. The predicted molar refractivity (Wildman–Crippen MR) is 162 cm³/mol. The monoisotopic (exact) mass is 586 g/mol. The second-order valence-electron chi connectivity index (χ2n) is 9.01. The van der Waals surface area contributed by atoms with Crippen molar-refractivity contribution in [3.63, 3.8) is 0 Å². The lowest BCUT2D eigenvalue weighted by Crippen LogP contribution is -2.46. The minimum Gasteiger partial charge on any atom is -0.373 e. The van der Waals surface area contributed by atoms with Crippen LogP contribution in [0, 0.1) is 0 Å². The zero-order chi connectivity index (χ0) is 26.8. The summed E-state index contributed by atoms with van der Waals surface area (Å²) in [6.45, 7) is 17.3. The quantitative estimate of drug-likeness (QED) is 0.0492. The summed E-state index contributed by atoms with van der Waals surface area (Å²) in [6.07, 6.45) is 10.4. The Kier molecular flexibility index (Phi) is 26.8. The Morgan fingerprint density at radius 2 is 0.694 bits per heavy atom. The van der Waals surface area contributed by atoms with Gasteiger partial charge in [0, 0.05) is 63.2 Å². The fraction of sp³-hybridized carbons (Fsp3) is 1.00. The molecule has 10 heteroatoms. The Morgan fingerprint density at radius 3 is 0.972 bits per heavy atom. The molecule has 0 heterocycles. The van der Waals surface area contributed by atoms with Gasteiger partial charge in [-0.15, -0.1) is 0 Å². The van der Waals surface area contributed by atoms with Gasteiger partial charge in [-0.05, 0) is 51.4 Å². The van der Waals surface area contributed by atoms with Gasteiger partial charge in [0.15, 0.2) is 0 Å². The molecule has 36 heavy (non-hydrogen) atoms. The molecule has 0 amide bonds. The van der Waals surface area contributed by atoms with Crippen molar-refractivity contribution < 1.29 is 26.6 Å². The summed E-state index contributed by atoms with van der Waals surface area (Å²) in [5.74, 6) is 2.16. The Balaban J connectivity index is 4.57. The average Bonchev–Trinajstić information content (AvgIpc) is 2.89. The summed E-state index contributed by atoms with van der Waals surface area (Å²) in [4.78, 5) is 0. The first-order valence-corrected chi connectivity index (χ1v) is 21.0. The number of hydrogen-bond acceptors (Lipinski definition) is 8. The van der Waals surface area contributed by atoms with Crippen LogP contribution >= 0.6 is 21.6 Å². The standard InChI is InChI=1S/C26H58O6S2Si2/c1-7-13-21-31-35(27-17-9-3,28-18-10-4)25-15-23-33-34-24-16-26-36(29-19-11-5,30-20-12-6)32-22-14-8-2/h7-26H2,1-6H3. The molecular weight excluding hydrogens is 529 g/mol. The first-order chi connectivity index (χ1) is 17.6. The van der Waals surface area contributed by atoms with E-state index in [0.717, 1.165) is 127 Å². The van der Waals surface area contributed by atoms with Crippen LogP contribution in [0.25, 0.3) is 0 Å². The van der Waals surface area contributed by atoms with Gasteiger partial charge in [0.25, 0.3) is 0 Å². The molecule has 0 spiro atoms. The van der Waals surface area contributed by atoms with Gasteiger partial charge < -0.3 is 26.6 Å². The molecule has 0 saturated carbocycles. The second kappa shape index (κ2) is 26.1. The fourth-order valence-corrected chi connectivity index (χ4v) is 11.5. The van der Waals surface area contributed by atoms with Gasteiger partial charge >= 0.3 is 17.6 Å². The van der Waals surface area contributed by atoms with E-state index in [0.29, 0.717) is 0 Å². The number of hydrogen-bond donors (Lipinski definition) is 0. The maximum atomic E-state index is 6.30. The molecule has 0 aliphatic heterocycles. The lowest BCUT2D eigenvalue weighted by molar-refractivity contribution is 0.0575. The van der Waals surface area contributed by atoms with Crippen molar-refractivity contribution in [1.82, 2.24) is 0 Å². The lowest BCUT2D eigenvalue weighted by atomic mass is 10.4. The van der Waals surface area contributed by atoms with E-state index in [9.17, 15) is 0 Å². The predicted octanol–water partition coefficient (Wildman–Crippen LogP) is 8.37. The molecule has 218 valence electrons. The van der Waals surface area contributed by atoms with Gasteiger partial charge in [-0.1, -0.05) is 76.0 Å². The van der Waals surface area contributed by atoms with Crippen LogP contribution in [-0.2, 0) is 26.6 Å². The Morgan fingerprint density at radius 1 is 0.389 bits per heavy atom. The van der Waals surface area contributed by atoms with Crippen LogP contribution in [-0.4, -0.2) is 68.8 Å². The molecule has 0 aromatic heterocycles. The van der Waals surface area contributed by atoms with Crippen LogP contribution in [0.2, 0.25) is 12.1 Å². The van der Waals surface area contributed by atoms with Crippen LogP contribution in [0.5, 0.6) is 0 Å². The summed E-state index contributed by atoms with van der Waals surface area (Å²) in [7, 11) is -1.28. The van der Waals surface area contributed by atoms with Crippen LogP contribution in [0.4, 0.5) is 0 Å². The van der Waals surface area contributed by atoms with Crippen LogP contribution in [0.15, 0.2) is 0 Å². The normalized spacial score (nSPS) is 12.5. The SMILES string of the molecule is CCCCO[Si](CCCSSCCC[Si](OCCC)(OCCC)OCCCC)(OCCC)OCCC. The molecule has 0 radical (unpaired) electrons. The summed E-state index contributed by atoms with van der Waals surface area (Å²) >= 11 is 0. The molecule has 0 aromatic rings. The maximum absolute atomic E-state index is 6.30. The highest BCUT2D eigenvalue weighted by molar-refractivity contribution is 8.76. The van der Waals surface area contributed by atoms with Crippen molar-refractivity contribution in [1.29, 1.82) is 0 Å². The van der Waals surface area contributed by atoms with Crippen LogP contribution in [0.1, 0.15) is 106 Å². The summed E-state index contributed by atoms with van der Waals surface area (Å²) < 4.78 is 37.6. The Labute approximate surface area is 234 Å². The number of unbranched alkanes of at least 4 members (excludes halogenated alkanes) is 2. The summed E-state index contributed by atoms with van der Waals surface area (Å²) in [6, 6.07) is 1.81. The third-order valence-corrected chi connectivity index (χ3v) is 13.6. The fourth-order valence-electron chi connectivity index (χ4n) is 3.27. The van der Waals surface area contributed by atoms with Crippen molar-refractivity contribution in [2.24, 2.45) is 0 Å². The van der Waals surface area contributed by atoms with Gasteiger partial charge in [0.05, 0.1) is 0 Å². The largest absolute Gasteiger partial charge is 0.500 e. The van der Waals surface area contributed by atoms with Crippen molar-refractivity contribution >= 4 is 39.2 Å². The zero-order valence-electron chi connectivity index (χ0n) is 24.4. The van der Waals surface area contributed by atoms with E-state index in [1.54, 1.807) is 0 Å². The first-order valence-electron chi connectivity index (χ1n) is 14.7. The molecule has 0 atom stereocenters. The van der Waals surface area contributed by atoms with E-state index in [-0.39, 0.29) is 0 Å². The molecule has 0 rings (SSSR count). The topological polar surface area (TPSA) is 55.4 Å². The minimum atomic E-state index is -2.58. The van der Waals surface area contributed by atoms with E-state index < -0.39 is 17.6 Å². The first kappa shape index (κ1) is 36.9. The molecule has 0 aliphatic carbocycles.